The Morgan fingerprint density at radius 1 is 0.509 bits per heavy atom. The van der Waals surface area contributed by atoms with Gasteiger partial charge in [-0.3, -0.25) is 9.59 Å². The molecule has 7 heteroatoms. The highest BCUT2D eigenvalue weighted by molar-refractivity contribution is 5.83. The van der Waals surface area contributed by atoms with Crippen LogP contribution in [0.4, 0.5) is 0 Å². The molecule has 0 aromatic rings. The zero-order valence-corrected chi connectivity index (χ0v) is 37.4. The molecule has 1 amide bonds. The van der Waals surface area contributed by atoms with Crippen molar-refractivity contribution in [1.29, 1.82) is 0 Å². The number of esters is 1. The van der Waals surface area contributed by atoms with Gasteiger partial charge in [0.25, 0.3) is 0 Å². The number of hydrogen-bond donors (Lipinski definition) is 3. The maximum atomic E-state index is 12.9. The maximum Gasteiger partial charge on any atom is 0.326 e. The first-order chi connectivity index (χ1) is 27.9. The van der Waals surface area contributed by atoms with Crippen molar-refractivity contribution in [2.24, 2.45) is 5.73 Å². The van der Waals surface area contributed by atoms with Gasteiger partial charge in [0.15, 0.2) is 0 Å². The van der Waals surface area contributed by atoms with E-state index in [1.165, 1.54) is 122 Å². The number of carboxylic acids is 1. The van der Waals surface area contributed by atoms with Crippen LogP contribution in [0.1, 0.15) is 245 Å². The summed E-state index contributed by atoms with van der Waals surface area (Å²) in [6.07, 6.45) is 53.3. The first kappa shape index (κ1) is 54.6. The van der Waals surface area contributed by atoms with Gasteiger partial charge in [0.2, 0.25) is 5.91 Å². The Morgan fingerprint density at radius 2 is 0.912 bits per heavy atom. The van der Waals surface area contributed by atoms with Crippen LogP contribution in [0.5, 0.6) is 0 Å². The molecule has 0 aliphatic rings. The number of amides is 1. The van der Waals surface area contributed by atoms with Crippen molar-refractivity contribution in [2.45, 2.75) is 257 Å². The van der Waals surface area contributed by atoms with Gasteiger partial charge >= 0.3 is 11.9 Å². The summed E-state index contributed by atoms with van der Waals surface area (Å²) in [6.45, 7) is 4.93. The van der Waals surface area contributed by atoms with E-state index in [1.54, 1.807) is 0 Å². The molecule has 2 atom stereocenters. The molecule has 0 aliphatic carbocycles. The van der Waals surface area contributed by atoms with E-state index in [4.69, 9.17) is 10.5 Å². The van der Waals surface area contributed by atoms with Gasteiger partial charge in [0, 0.05) is 12.8 Å². The van der Waals surface area contributed by atoms with E-state index in [0.717, 1.165) is 83.5 Å². The summed E-state index contributed by atoms with van der Waals surface area (Å²) in [6, 6.07) is -0.857. The van der Waals surface area contributed by atoms with Crippen molar-refractivity contribution in [1.82, 2.24) is 5.32 Å². The van der Waals surface area contributed by atoms with E-state index in [1.807, 2.05) is 0 Å². The third-order valence-corrected chi connectivity index (χ3v) is 11.0. The van der Waals surface area contributed by atoms with E-state index in [9.17, 15) is 19.5 Å². The van der Waals surface area contributed by atoms with Crippen LogP contribution in [0.15, 0.2) is 36.5 Å². The molecule has 0 fully saturated rings. The Hall–Kier alpha value is -2.41. The number of nitrogens with one attached hydrogen (secondary N) is 1. The van der Waals surface area contributed by atoms with Crippen molar-refractivity contribution in [3.05, 3.63) is 36.5 Å². The van der Waals surface area contributed by atoms with E-state index in [0.29, 0.717) is 32.2 Å². The average molecular weight is 801 g/mol. The number of rotatable bonds is 44. The number of unbranched alkanes of at least 4 members (excludes halogenated alkanes) is 24. The summed E-state index contributed by atoms with van der Waals surface area (Å²) < 4.78 is 6.07. The predicted octanol–water partition coefficient (Wildman–Crippen LogP) is 14.2. The fraction of sp³-hybridized carbons (Fsp3) is 0.820. The minimum absolute atomic E-state index is 0.00794. The Kier molecular flexibility index (Phi) is 42.8. The van der Waals surface area contributed by atoms with Gasteiger partial charge in [-0.2, -0.15) is 0 Å². The van der Waals surface area contributed by atoms with Gasteiger partial charge in [-0.1, -0.05) is 179 Å². The first-order valence-electron chi connectivity index (χ1n) is 24.3. The number of nitrogens with two attached hydrogens (primary N) is 1. The summed E-state index contributed by atoms with van der Waals surface area (Å²) in [5, 5.41) is 12.0. The number of ether oxygens (including phenoxy) is 1. The molecule has 0 saturated heterocycles. The number of carbonyl (C=O) groups is 3. The van der Waals surface area contributed by atoms with Crippen molar-refractivity contribution in [2.75, 3.05) is 6.54 Å². The van der Waals surface area contributed by atoms with Crippen molar-refractivity contribution < 1.29 is 24.2 Å². The first-order valence-corrected chi connectivity index (χ1v) is 24.3. The molecule has 4 N–H and O–H groups in total. The largest absolute Gasteiger partial charge is 0.480 e. The minimum Gasteiger partial charge on any atom is -0.480 e. The fourth-order valence-electron chi connectivity index (χ4n) is 7.28. The number of hydrogen-bond acceptors (Lipinski definition) is 5. The molecule has 0 rings (SSSR count). The van der Waals surface area contributed by atoms with Gasteiger partial charge < -0.3 is 20.9 Å². The van der Waals surface area contributed by atoms with Crippen molar-refractivity contribution >= 4 is 17.8 Å². The molecule has 2 unspecified atom stereocenters. The predicted molar refractivity (Wildman–Crippen MR) is 243 cm³/mol. The zero-order valence-electron chi connectivity index (χ0n) is 37.4. The summed E-state index contributed by atoms with van der Waals surface area (Å²) in [7, 11) is 0. The molecule has 0 bridgehead atoms. The lowest BCUT2D eigenvalue weighted by atomic mass is 10.0. The minimum atomic E-state index is -1.00. The van der Waals surface area contributed by atoms with Gasteiger partial charge in [0.05, 0.1) is 0 Å². The van der Waals surface area contributed by atoms with E-state index >= 15 is 0 Å². The topological polar surface area (TPSA) is 119 Å². The highest BCUT2D eigenvalue weighted by Crippen LogP contribution is 2.19. The molecule has 0 aliphatic heterocycles. The Bertz CT molecular complexity index is 993. The number of carboxylic acid groups (broad SMARTS) is 1. The molecular formula is C50H92N2O5. The molecule has 0 aromatic heterocycles. The lowest BCUT2D eigenvalue weighted by molar-refractivity contribution is -0.150. The molecule has 0 spiro atoms. The Morgan fingerprint density at radius 3 is 1.40 bits per heavy atom. The molecule has 0 heterocycles. The van der Waals surface area contributed by atoms with E-state index in [-0.39, 0.29) is 18.0 Å². The Labute approximate surface area is 352 Å². The van der Waals surface area contributed by atoms with Crippen LogP contribution in [0.25, 0.3) is 0 Å². The summed E-state index contributed by atoms with van der Waals surface area (Å²) >= 11 is 0. The van der Waals surface area contributed by atoms with Crippen LogP contribution >= 0.6 is 0 Å². The van der Waals surface area contributed by atoms with Crippen LogP contribution in [0.3, 0.4) is 0 Å². The SMILES string of the molecule is CCCCC/C=C\C/C=C\C/C=C\CCCCCCCCC(=O)OC(CCCCCCCCCCCCCC)CCCCCCCC(=O)NC(CCCN)C(=O)O. The van der Waals surface area contributed by atoms with E-state index < -0.39 is 12.0 Å². The van der Waals surface area contributed by atoms with Crippen LogP contribution < -0.4 is 11.1 Å². The second-order valence-corrected chi connectivity index (χ2v) is 16.5. The summed E-state index contributed by atoms with van der Waals surface area (Å²) in [4.78, 5) is 36.5. The second kappa shape index (κ2) is 44.7. The smallest absolute Gasteiger partial charge is 0.326 e. The quantitative estimate of drug-likeness (QED) is 0.0321. The number of aliphatic carboxylic acids is 1. The van der Waals surface area contributed by atoms with Crippen molar-refractivity contribution in [3.8, 4) is 0 Å². The number of allylic oxidation sites excluding steroid dienone is 6. The van der Waals surface area contributed by atoms with Crippen LogP contribution in [-0.2, 0) is 19.1 Å². The molecule has 7 nitrogen and oxygen atoms in total. The fourth-order valence-corrected chi connectivity index (χ4v) is 7.28. The molecular weight excluding hydrogens is 709 g/mol. The summed E-state index contributed by atoms with van der Waals surface area (Å²) in [5.41, 5.74) is 5.49. The maximum absolute atomic E-state index is 12.9. The molecule has 332 valence electrons. The van der Waals surface area contributed by atoms with Gasteiger partial charge in [0.1, 0.15) is 12.1 Å². The molecule has 0 radical (unpaired) electrons. The lowest BCUT2D eigenvalue weighted by Crippen LogP contribution is -2.40. The lowest BCUT2D eigenvalue weighted by Gasteiger charge is -2.18. The average Bonchev–Trinajstić information content (AvgIpc) is 3.20. The molecule has 0 aromatic carbocycles. The van der Waals surface area contributed by atoms with Crippen LogP contribution in [-0.4, -0.2) is 41.6 Å². The third kappa shape index (κ3) is 41.5. The zero-order chi connectivity index (χ0) is 41.7. The standard InChI is InChI=1S/C50H92N2O5/c1-3-5-7-9-11-13-15-17-18-19-20-21-22-23-25-27-29-34-38-44-49(54)57-46(40-35-31-28-26-24-16-14-12-10-8-6-4-2)41-36-32-30-33-37-43-48(53)52-47(50(55)56)42-39-45-51/h11,13,17-18,20-21,46-47H,3-10,12,14-16,19,22-45,51H2,1-2H3,(H,52,53)(H,55,56)/b13-11-,18-17-,21-20-. The van der Waals surface area contributed by atoms with E-state index in [2.05, 4.69) is 55.6 Å². The highest BCUT2D eigenvalue weighted by Gasteiger charge is 2.19. The molecule has 57 heavy (non-hydrogen) atoms. The van der Waals surface area contributed by atoms with Crippen molar-refractivity contribution in [3.63, 3.8) is 0 Å². The van der Waals surface area contributed by atoms with Gasteiger partial charge in [-0.05, 0) is 96.4 Å². The van der Waals surface area contributed by atoms with Crippen LogP contribution in [0, 0.1) is 0 Å². The highest BCUT2D eigenvalue weighted by atomic mass is 16.5. The van der Waals surface area contributed by atoms with Crippen LogP contribution in [0.2, 0.25) is 0 Å². The monoisotopic (exact) mass is 801 g/mol. The second-order valence-electron chi connectivity index (χ2n) is 16.5. The summed E-state index contributed by atoms with van der Waals surface area (Å²) in [5.74, 6) is -1.23. The third-order valence-electron chi connectivity index (χ3n) is 11.0. The normalized spacial score (nSPS) is 12.9. The van der Waals surface area contributed by atoms with Gasteiger partial charge in [-0.25, -0.2) is 4.79 Å². The Balaban J connectivity index is 4.29. The molecule has 0 saturated carbocycles. The van der Waals surface area contributed by atoms with Gasteiger partial charge in [-0.15, -0.1) is 0 Å². The number of carbonyl (C=O) groups excluding carboxylic acids is 2.